The monoisotopic (exact) mass is 392 g/mol. The van der Waals surface area contributed by atoms with E-state index in [-0.39, 0.29) is 12.0 Å². The van der Waals surface area contributed by atoms with Gasteiger partial charge in [0, 0.05) is 44.4 Å². The van der Waals surface area contributed by atoms with Crippen molar-refractivity contribution < 1.29 is 4.74 Å². The maximum atomic E-state index is 9.13. The molecule has 8 heteroatoms. The third kappa shape index (κ3) is 3.34. The Hall–Kier alpha value is -2.92. The lowest BCUT2D eigenvalue weighted by atomic mass is 9.89. The van der Waals surface area contributed by atoms with Gasteiger partial charge in [-0.25, -0.2) is 15.0 Å². The van der Waals surface area contributed by atoms with Crippen LogP contribution in [0.15, 0.2) is 36.7 Å². The number of fused-ring (bicyclic) bond motifs is 1. The maximum absolute atomic E-state index is 9.13. The summed E-state index contributed by atoms with van der Waals surface area (Å²) in [5, 5.41) is 13.6. The van der Waals surface area contributed by atoms with Crippen molar-refractivity contribution in [3.8, 4) is 11.9 Å². The zero-order valence-electron chi connectivity index (χ0n) is 15.3. The highest BCUT2D eigenvalue weighted by molar-refractivity contribution is 7.22. The minimum Gasteiger partial charge on any atom is -0.472 e. The van der Waals surface area contributed by atoms with Crippen LogP contribution in [0.5, 0.6) is 5.88 Å². The van der Waals surface area contributed by atoms with Gasteiger partial charge in [-0.15, -0.1) is 0 Å². The molecular formula is C20H20N6OS. The van der Waals surface area contributed by atoms with Crippen LogP contribution in [-0.4, -0.2) is 40.2 Å². The van der Waals surface area contributed by atoms with Gasteiger partial charge >= 0.3 is 0 Å². The van der Waals surface area contributed by atoms with Crippen LogP contribution in [0, 0.1) is 17.2 Å². The SMILES string of the molecule is N#C[C@@H]1CCN(c2nccnc2O[C@H]2C[C@H](Nc3nc4ccccc4s3)C2)C1. The molecule has 1 aromatic carbocycles. The lowest BCUT2D eigenvalue weighted by Gasteiger charge is -2.35. The summed E-state index contributed by atoms with van der Waals surface area (Å²) >= 11 is 1.68. The summed E-state index contributed by atoms with van der Waals surface area (Å²) in [6.45, 7) is 1.51. The molecule has 2 aliphatic rings. The van der Waals surface area contributed by atoms with E-state index in [1.54, 1.807) is 23.7 Å². The molecule has 3 aromatic rings. The molecule has 1 atom stereocenters. The van der Waals surface area contributed by atoms with E-state index in [0.717, 1.165) is 42.3 Å². The van der Waals surface area contributed by atoms with E-state index in [1.165, 1.54) is 4.70 Å². The molecular weight excluding hydrogens is 372 g/mol. The first-order valence-corrected chi connectivity index (χ1v) is 10.3. The first kappa shape index (κ1) is 17.2. The van der Waals surface area contributed by atoms with Gasteiger partial charge in [-0.05, 0) is 18.6 Å². The van der Waals surface area contributed by atoms with Crippen molar-refractivity contribution >= 4 is 32.5 Å². The summed E-state index contributed by atoms with van der Waals surface area (Å²) < 4.78 is 7.33. The molecule has 1 N–H and O–H groups in total. The fourth-order valence-corrected chi connectivity index (χ4v) is 4.66. The highest BCUT2D eigenvalue weighted by atomic mass is 32.1. The standard InChI is InChI=1S/C20H20N6OS/c21-11-13-5-8-26(12-13)18-19(23-7-6-22-18)27-15-9-14(10-15)24-20-25-16-3-1-2-4-17(16)28-20/h1-4,6-7,13-15H,5,8-10,12H2,(H,24,25)/t13-,14-,15-/m0/s1. The van der Waals surface area contributed by atoms with Gasteiger partial charge in [0.2, 0.25) is 0 Å². The highest BCUT2D eigenvalue weighted by Gasteiger charge is 2.34. The van der Waals surface area contributed by atoms with Gasteiger partial charge in [0.25, 0.3) is 5.88 Å². The predicted molar refractivity (Wildman–Crippen MR) is 109 cm³/mol. The van der Waals surface area contributed by atoms with Crippen molar-refractivity contribution in [2.45, 2.75) is 31.4 Å². The largest absolute Gasteiger partial charge is 0.472 e. The summed E-state index contributed by atoms with van der Waals surface area (Å²) in [4.78, 5) is 15.6. The summed E-state index contributed by atoms with van der Waals surface area (Å²) in [7, 11) is 0. The maximum Gasteiger partial charge on any atom is 0.257 e. The van der Waals surface area contributed by atoms with Crippen molar-refractivity contribution in [3.05, 3.63) is 36.7 Å². The van der Waals surface area contributed by atoms with Crippen molar-refractivity contribution in [3.63, 3.8) is 0 Å². The fraction of sp³-hybridized carbons (Fsp3) is 0.400. The average molecular weight is 392 g/mol. The molecule has 7 nitrogen and oxygen atoms in total. The Kier molecular flexibility index (Phi) is 4.45. The van der Waals surface area contributed by atoms with E-state index in [2.05, 4.69) is 37.3 Å². The molecule has 142 valence electrons. The Balaban J connectivity index is 1.19. The second-order valence-corrected chi connectivity index (χ2v) is 8.32. The van der Waals surface area contributed by atoms with Crippen LogP contribution in [0.4, 0.5) is 10.9 Å². The predicted octanol–water partition coefficient (Wildman–Crippen LogP) is 3.46. The molecule has 28 heavy (non-hydrogen) atoms. The molecule has 0 amide bonds. The molecule has 1 saturated carbocycles. The van der Waals surface area contributed by atoms with E-state index in [1.807, 2.05) is 18.2 Å². The average Bonchev–Trinajstić information content (AvgIpc) is 3.33. The first-order valence-electron chi connectivity index (χ1n) is 9.53. The number of ether oxygens (including phenoxy) is 1. The van der Waals surface area contributed by atoms with Crippen LogP contribution >= 0.6 is 11.3 Å². The number of anilines is 2. The molecule has 0 unspecified atom stereocenters. The highest BCUT2D eigenvalue weighted by Crippen LogP contribution is 2.34. The topological polar surface area (TPSA) is 87.0 Å². The lowest BCUT2D eigenvalue weighted by molar-refractivity contribution is 0.103. The molecule has 2 fully saturated rings. The van der Waals surface area contributed by atoms with E-state index >= 15 is 0 Å². The number of hydrogen-bond donors (Lipinski definition) is 1. The van der Waals surface area contributed by atoms with Crippen molar-refractivity contribution in [2.24, 2.45) is 5.92 Å². The summed E-state index contributed by atoms with van der Waals surface area (Å²) in [6, 6.07) is 10.9. The molecule has 5 rings (SSSR count). The number of nitriles is 1. The summed E-state index contributed by atoms with van der Waals surface area (Å²) in [6.07, 6.45) is 6.15. The number of aromatic nitrogens is 3. The zero-order chi connectivity index (χ0) is 18.9. The molecule has 3 heterocycles. The Morgan fingerprint density at radius 3 is 2.89 bits per heavy atom. The Morgan fingerprint density at radius 2 is 2.07 bits per heavy atom. The molecule has 2 aromatic heterocycles. The third-order valence-corrected chi connectivity index (χ3v) is 6.28. The van der Waals surface area contributed by atoms with Crippen LogP contribution in [0.25, 0.3) is 10.2 Å². The minimum atomic E-state index is 0.0564. The van der Waals surface area contributed by atoms with Crippen LogP contribution in [0.2, 0.25) is 0 Å². The minimum absolute atomic E-state index is 0.0564. The van der Waals surface area contributed by atoms with Gasteiger partial charge < -0.3 is 15.0 Å². The van der Waals surface area contributed by atoms with Gasteiger partial charge in [0.1, 0.15) is 6.10 Å². The summed E-state index contributed by atoms with van der Waals surface area (Å²) in [5.41, 5.74) is 1.03. The molecule has 1 aliphatic heterocycles. The number of hydrogen-bond acceptors (Lipinski definition) is 8. The van der Waals surface area contributed by atoms with Crippen molar-refractivity contribution in [2.75, 3.05) is 23.3 Å². The van der Waals surface area contributed by atoms with Gasteiger partial charge in [0.15, 0.2) is 10.9 Å². The van der Waals surface area contributed by atoms with E-state index in [0.29, 0.717) is 18.5 Å². The number of nitrogens with zero attached hydrogens (tertiary/aromatic N) is 5. The van der Waals surface area contributed by atoms with E-state index < -0.39 is 0 Å². The smallest absolute Gasteiger partial charge is 0.257 e. The van der Waals surface area contributed by atoms with Gasteiger partial charge in [-0.1, -0.05) is 23.5 Å². The van der Waals surface area contributed by atoms with Gasteiger partial charge in [0.05, 0.1) is 22.2 Å². The number of benzene rings is 1. The number of nitrogens with one attached hydrogen (secondary N) is 1. The van der Waals surface area contributed by atoms with Gasteiger partial charge in [-0.3, -0.25) is 0 Å². The van der Waals surface area contributed by atoms with Crippen LogP contribution < -0.4 is 15.0 Å². The third-order valence-electron chi connectivity index (χ3n) is 5.31. The van der Waals surface area contributed by atoms with E-state index in [4.69, 9.17) is 10.00 Å². The molecule has 1 aliphatic carbocycles. The second-order valence-electron chi connectivity index (χ2n) is 7.29. The Bertz CT molecular complexity index is 992. The normalized spacial score (nSPS) is 24.0. The number of para-hydroxylation sites is 1. The Morgan fingerprint density at radius 1 is 1.21 bits per heavy atom. The molecule has 0 bridgehead atoms. The second kappa shape index (κ2) is 7.24. The number of thiazole rings is 1. The van der Waals surface area contributed by atoms with Crippen LogP contribution in [0.3, 0.4) is 0 Å². The first-order chi connectivity index (χ1) is 13.8. The lowest BCUT2D eigenvalue weighted by Crippen LogP contribution is -2.43. The van der Waals surface area contributed by atoms with Crippen LogP contribution in [0.1, 0.15) is 19.3 Å². The van der Waals surface area contributed by atoms with E-state index in [9.17, 15) is 0 Å². The quantitative estimate of drug-likeness (QED) is 0.711. The zero-order valence-corrected chi connectivity index (χ0v) is 16.1. The Labute approximate surface area is 167 Å². The number of rotatable bonds is 5. The van der Waals surface area contributed by atoms with Crippen molar-refractivity contribution in [1.82, 2.24) is 15.0 Å². The van der Waals surface area contributed by atoms with Gasteiger partial charge in [-0.2, -0.15) is 5.26 Å². The molecule has 0 radical (unpaired) electrons. The van der Waals surface area contributed by atoms with Crippen molar-refractivity contribution in [1.29, 1.82) is 5.26 Å². The molecule has 1 saturated heterocycles. The molecule has 0 spiro atoms. The fourth-order valence-electron chi connectivity index (χ4n) is 3.72. The summed E-state index contributed by atoms with van der Waals surface area (Å²) in [5.74, 6) is 1.38. The van der Waals surface area contributed by atoms with Crippen LogP contribution in [-0.2, 0) is 0 Å².